The molecule has 0 amide bonds. The van der Waals surface area contributed by atoms with Gasteiger partial charge in [0.25, 0.3) is 0 Å². The minimum absolute atomic E-state index is 0.425. The molecule has 0 bridgehead atoms. The van der Waals surface area contributed by atoms with Gasteiger partial charge >= 0.3 is 0 Å². The van der Waals surface area contributed by atoms with Crippen molar-refractivity contribution in [3.8, 4) is 0 Å². The molecule has 1 aliphatic carbocycles. The summed E-state index contributed by atoms with van der Waals surface area (Å²) in [5.41, 5.74) is 3.87. The van der Waals surface area contributed by atoms with E-state index in [1.54, 1.807) is 0 Å². The van der Waals surface area contributed by atoms with Crippen molar-refractivity contribution in [1.82, 2.24) is 24.3 Å². The van der Waals surface area contributed by atoms with E-state index in [2.05, 4.69) is 21.8 Å². The Hall–Kier alpha value is -2.87. The van der Waals surface area contributed by atoms with Gasteiger partial charge in [-0.1, -0.05) is 0 Å². The van der Waals surface area contributed by atoms with Crippen LogP contribution in [0.1, 0.15) is 25.0 Å². The molecule has 0 unspecified atom stereocenters. The predicted molar refractivity (Wildman–Crippen MR) is 116 cm³/mol. The molecule has 0 N–H and O–H groups in total. The number of pyridine rings is 1. The van der Waals surface area contributed by atoms with Crippen LogP contribution in [0.4, 0.5) is 14.6 Å². The van der Waals surface area contributed by atoms with Crippen molar-refractivity contribution in [2.45, 2.75) is 25.7 Å². The number of hydrogen-bond acceptors (Lipinski definition) is 5. The summed E-state index contributed by atoms with van der Waals surface area (Å²) in [5, 5.41) is 0. The molecule has 2 fully saturated rings. The largest absolute Gasteiger partial charge is 0.355 e. The molecule has 2 aliphatic rings. The zero-order chi connectivity index (χ0) is 21.1. The number of halogens is 2. The van der Waals surface area contributed by atoms with Crippen LogP contribution in [0.5, 0.6) is 0 Å². The zero-order valence-electron chi connectivity index (χ0n) is 17.5. The van der Waals surface area contributed by atoms with E-state index >= 15 is 0 Å². The zero-order valence-corrected chi connectivity index (χ0v) is 17.5. The molecule has 6 rings (SSSR count). The third-order valence-corrected chi connectivity index (χ3v) is 6.48. The van der Waals surface area contributed by atoms with Gasteiger partial charge in [0.2, 0.25) is 0 Å². The van der Waals surface area contributed by atoms with Crippen molar-refractivity contribution in [2.24, 2.45) is 5.92 Å². The van der Waals surface area contributed by atoms with Gasteiger partial charge < -0.3 is 9.80 Å². The normalized spacial score (nSPS) is 18.4. The van der Waals surface area contributed by atoms with Crippen molar-refractivity contribution >= 4 is 33.7 Å². The number of imidazole rings is 1. The van der Waals surface area contributed by atoms with Gasteiger partial charge in [-0.05, 0) is 57.3 Å². The summed E-state index contributed by atoms with van der Waals surface area (Å²) in [6, 6.07) is 6.40. The molecule has 8 heteroatoms. The molecule has 6 nitrogen and oxygen atoms in total. The first-order valence-electron chi connectivity index (χ1n) is 11.0. The van der Waals surface area contributed by atoms with Crippen molar-refractivity contribution in [1.29, 1.82) is 0 Å². The lowest BCUT2D eigenvalue weighted by Crippen LogP contribution is -2.29. The van der Waals surface area contributed by atoms with Crippen molar-refractivity contribution in [2.75, 3.05) is 38.1 Å². The Kier molecular flexibility index (Phi) is 4.31. The van der Waals surface area contributed by atoms with E-state index in [0.29, 0.717) is 28.2 Å². The Bertz CT molecular complexity index is 1310. The van der Waals surface area contributed by atoms with Crippen LogP contribution in [0.3, 0.4) is 0 Å². The highest BCUT2D eigenvalue weighted by Gasteiger charge is 2.26. The third-order valence-electron chi connectivity index (χ3n) is 6.48. The number of fused-ring (bicyclic) bond motifs is 5. The molecule has 1 saturated heterocycles. The van der Waals surface area contributed by atoms with Gasteiger partial charge in [-0.25, -0.2) is 23.7 Å². The topological polar surface area (TPSA) is 49.6 Å². The van der Waals surface area contributed by atoms with Gasteiger partial charge in [0.1, 0.15) is 11.3 Å². The van der Waals surface area contributed by atoms with Gasteiger partial charge in [0.15, 0.2) is 22.9 Å². The second-order valence-corrected chi connectivity index (χ2v) is 8.89. The monoisotopic (exact) mass is 422 g/mol. The van der Waals surface area contributed by atoms with Crippen LogP contribution in [0.2, 0.25) is 0 Å². The maximum atomic E-state index is 14.2. The number of anilines is 1. The molecule has 160 valence electrons. The number of aromatic nitrogens is 4. The average Bonchev–Trinajstić information content (AvgIpc) is 3.53. The van der Waals surface area contributed by atoms with Crippen LogP contribution in [-0.2, 0) is 6.42 Å². The van der Waals surface area contributed by atoms with Crippen molar-refractivity contribution < 1.29 is 8.78 Å². The van der Waals surface area contributed by atoms with E-state index in [0.717, 1.165) is 56.0 Å². The molecule has 1 saturated carbocycles. The Morgan fingerprint density at radius 2 is 1.74 bits per heavy atom. The van der Waals surface area contributed by atoms with Crippen LogP contribution in [0.15, 0.2) is 24.3 Å². The van der Waals surface area contributed by atoms with Gasteiger partial charge in [-0.3, -0.25) is 4.40 Å². The fourth-order valence-corrected chi connectivity index (χ4v) is 4.54. The summed E-state index contributed by atoms with van der Waals surface area (Å²) in [6.45, 7) is 3.88. The van der Waals surface area contributed by atoms with Gasteiger partial charge in [0, 0.05) is 31.8 Å². The van der Waals surface area contributed by atoms with Crippen molar-refractivity contribution in [3.05, 3.63) is 41.6 Å². The van der Waals surface area contributed by atoms with Crippen LogP contribution < -0.4 is 4.90 Å². The van der Waals surface area contributed by atoms with E-state index in [1.807, 2.05) is 16.5 Å². The van der Waals surface area contributed by atoms with Gasteiger partial charge in [-0.15, -0.1) is 0 Å². The Morgan fingerprint density at radius 1 is 0.903 bits per heavy atom. The van der Waals surface area contributed by atoms with E-state index < -0.39 is 11.6 Å². The van der Waals surface area contributed by atoms with Gasteiger partial charge in [0.05, 0.1) is 16.7 Å². The van der Waals surface area contributed by atoms with Crippen LogP contribution >= 0.6 is 0 Å². The maximum absolute atomic E-state index is 14.2. The second-order valence-electron chi connectivity index (χ2n) is 8.89. The quantitative estimate of drug-likeness (QED) is 0.503. The summed E-state index contributed by atoms with van der Waals surface area (Å²) in [6.07, 6.45) is 4.28. The van der Waals surface area contributed by atoms with Crippen LogP contribution in [0.25, 0.3) is 27.8 Å². The Balaban J connectivity index is 1.58. The highest BCUT2D eigenvalue weighted by Crippen LogP contribution is 2.35. The van der Waals surface area contributed by atoms with Gasteiger partial charge in [-0.2, -0.15) is 0 Å². The fraction of sp³-hybridized carbons (Fsp3) is 0.435. The number of rotatable bonds is 3. The first-order valence-corrected chi connectivity index (χ1v) is 11.0. The predicted octanol–water partition coefficient (Wildman–Crippen LogP) is 3.80. The van der Waals surface area contributed by atoms with E-state index in [9.17, 15) is 8.78 Å². The number of likely N-dealkylation sites (N-methyl/N-ethyl adjacent to an activating group) is 1. The molecule has 0 radical (unpaired) electrons. The van der Waals surface area contributed by atoms with E-state index in [1.165, 1.54) is 25.0 Å². The smallest absolute Gasteiger partial charge is 0.167 e. The Morgan fingerprint density at radius 3 is 2.58 bits per heavy atom. The summed E-state index contributed by atoms with van der Waals surface area (Å²) in [4.78, 5) is 19.1. The van der Waals surface area contributed by atoms with Crippen LogP contribution in [0, 0.1) is 17.6 Å². The second kappa shape index (κ2) is 7.09. The minimum atomic E-state index is -0.890. The Labute approximate surface area is 178 Å². The summed E-state index contributed by atoms with van der Waals surface area (Å²) < 4.78 is 30.0. The summed E-state index contributed by atoms with van der Waals surface area (Å²) in [5.74, 6) is -0.275. The first-order chi connectivity index (χ1) is 15.1. The molecule has 1 aliphatic heterocycles. The van der Waals surface area contributed by atoms with Crippen molar-refractivity contribution in [3.63, 3.8) is 0 Å². The highest BCUT2D eigenvalue weighted by molar-refractivity contribution is 5.88. The highest BCUT2D eigenvalue weighted by atomic mass is 19.2. The molecule has 31 heavy (non-hydrogen) atoms. The lowest BCUT2D eigenvalue weighted by Gasteiger charge is -2.22. The number of hydrogen-bond donors (Lipinski definition) is 0. The molecular weight excluding hydrogens is 398 g/mol. The lowest BCUT2D eigenvalue weighted by atomic mass is 10.2. The molecule has 3 aromatic heterocycles. The fourth-order valence-electron chi connectivity index (χ4n) is 4.54. The first kappa shape index (κ1) is 18.9. The molecule has 0 spiro atoms. The van der Waals surface area contributed by atoms with E-state index in [-0.39, 0.29) is 0 Å². The minimum Gasteiger partial charge on any atom is -0.355 e. The SMILES string of the molecule is CN1CCCN(c2ccc3nc(CC4CC4)c4nc5cc(F)c(F)cc5n4c3n2)CC1. The molecule has 4 heterocycles. The van der Waals surface area contributed by atoms with Crippen LogP contribution in [-0.4, -0.2) is 57.5 Å². The number of benzene rings is 1. The standard InChI is InChI=1S/C23H24F2N6/c1-29-7-2-8-30(10-9-29)21-6-5-17-22(28-21)31-20-13-16(25)15(24)12-18(20)27-23(31)19(26-17)11-14-3-4-14/h5-6,12-14H,2-4,7-11H2,1H3. The number of nitrogens with zero attached hydrogens (tertiary/aromatic N) is 6. The maximum Gasteiger partial charge on any atom is 0.167 e. The molecular formula is C23H24F2N6. The third kappa shape index (κ3) is 3.29. The summed E-state index contributed by atoms with van der Waals surface area (Å²) in [7, 11) is 2.14. The average molecular weight is 422 g/mol. The molecule has 1 aromatic carbocycles. The molecule has 4 aromatic rings. The molecule has 0 atom stereocenters. The van der Waals surface area contributed by atoms with E-state index in [4.69, 9.17) is 9.97 Å². The lowest BCUT2D eigenvalue weighted by molar-refractivity contribution is 0.360. The summed E-state index contributed by atoms with van der Waals surface area (Å²) >= 11 is 0.